The van der Waals surface area contributed by atoms with Gasteiger partial charge in [0.05, 0.1) is 12.2 Å². The van der Waals surface area contributed by atoms with E-state index in [1.807, 2.05) is 20.8 Å². The summed E-state index contributed by atoms with van der Waals surface area (Å²) in [5.41, 5.74) is 5.18. The normalized spacial score (nSPS) is 11.5. The van der Waals surface area contributed by atoms with Crippen molar-refractivity contribution < 1.29 is 14.3 Å². The van der Waals surface area contributed by atoms with Crippen LogP contribution in [-0.4, -0.2) is 31.3 Å². The predicted octanol–water partition coefficient (Wildman–Crippen LogP) is 1.86. The van der Waals surface area contributed by atoms with E-state index < -0.39 is 0 Å². The minimum Gasteiger partial charge on any atom is -0.463 e. The molecule has 0 aliphatic heterocycles. The summed E-state index contributed by atoms with van der Waals surface area (Å²) in [7, 11) is 0. The third kappa shape index (κ3) is 11.5. The van der Waals surface area contributed by atoms with E-state index in [0.29, 0.717) is 26.2 Å². The van der Waals surface area contributed by atoms with Gasteiger partial charge in [0.2, 0.25) is 0 Å². The van der Waals surface area contributed by atoms with Gasteiger partial charge in [-0.25, -0.2) is 0 Å². The zero-order valence-electron chi connectivity index (χ0n) is 10.8. The molecule has 0 radical (unpaired) electrons. The molecule has 0 aromatic heterocycles. The molecule has 4 nitrogen and oxygen atoms in total. The maximum absolute atomic E-state index is 11.2. The topological polar surface area (TPSA) is 61.5 Å². The first-order valence-corrected chi connectivity index (χ1v) is 5.95. The zero-order chi connectivity index (χ0) is 12.4. The molecule has 0 aliphatic rings. The smallest absolute Gasteiger partial charge is 0.305 e. The molecule has 4 heteroatoms. The van der Waals surface area contributed by atoms with Crippen LogP contribution in [0.15, 0.2) is 0 Å². The minimum absolute atomic E-state index is 0.144. The van der Waals surface area contributed by atoms with Crippen LogP contribution in [0.1, 0.15) is 46.5 Å². The van der Waals surface area contributed by atoms with Crippen LogP contribution < -0.4 is 5.73 Å². The van der Waals surface area contributed by atoms with Gasteiger partial charge in [0.15, 0.2) is 0 Å². The van der Waals surface area contributed by atoms with E-state index in [-0.39, 0.29) is 11.6 Å². The Labute approximate surface area is 98.5 Å². The third-order valence-electron chi connectivity index (χ3n) is 1.97. The Hall–Kier alpha value is -0.610. The van der Waals surface area contributed by atoms with Crippen molar-refractivity contribution in [3.63, 3.8) is 0 Å². The van der Waals surface area contributed by atoms with Gasteiger partial charge in [-0.3, -0.25) is 4.79 Å². The van der Waals surface area contributed by atoms with Crippen molar-refractivity contribution in [3.8, 4) is 0 Å². The Morgan fingerprint density at radius 2 is 1.81 bits per heavy atom. The fourth-order valence-electron chi connectivity index (χ4n) is 1.17. The molecular formula is C12H25NO3. The van der Waals surface area contributed by atoms with E-state index in [9.17, 15) is 4.79 Å². The number of rotatable bonds is 8. The monoisotopic (exact) mass is 231 g/mol. The van der Waals surface area contributed by atoms with E-state index in [1.54, 1.807) is 0 Å². The molecule has 0 saturated heterocycles. The number of unbranched alkanes of at least 4 members (excludes halogenated alkanes) is 2. The molecule has 96 valence electrons. The van der Waals surface area contributed by atoms with Crippen LogP contribution in [0.4, 0.5) is 0 Å². The van der Waals surface area contributed by atoms with E-state index in [4.69, 9.17) is 15.2 Å². The Morgan fingerprint density at radius 1 is 1.12 bits per heavy atom. The lowest BCUT2D eigenvalue weighted by atomic mass is 10.2. The van der Waals surface area contributed by atoms with Crippen molar-refractivity contribution in [2.75, 3.05) is 19.8 Å². The van der Waals surface area contributed by atoms with Crippen molar-refractivity contribution in [1.29, 1.82) is 0 Å². The summed E-state index contributed by atoms with van der Waals surface area (Å²) in [6.45, 7) is 7.41. The predicted molar refractivity (Wildman–Crippen MR) is 64.2 cm³/mol. The Morgan fingerprint density at radius 3 is 2.38 bits per heavy atom. The molecule has 0 saturated carbocycles. The summed E-state index contributed by atoms with van der Waals surface area (Å²) in [5.74, 6) is -0.144. The van der Waals surface area contributed by atoms with Gasteiger partial charge in [-0.2, -0.15) is 0 Å². The number of hydrogen-bond acceptors (Lipinski definition) is 4. The van der Waals surface area contributed by atoms with E-state index in [1.165, 1.54) is 0 Å². The molecule has 0 spiro atoms. The molecule has 0 bridgehead atoms. The first-order valence-electron chi connectivity index (χ1n) is 5.95. The highest BCUT2D eigenvalue weighted by Crippen LogP contribution is 2.06. The summed E-state index contributed by atoms with van der Waals surface area (Å²) >= 11 is 0. The number of esters is 1. The second-order valence-corrected chi connectivity index (χ2v) is 4.78. The first-order chi connectivity index (χ1) is 7.45. The molecule has 0 rings (SSSR count). The van der Waals surface area contributed by atoms with Gasteiger partial charge in [0.25, 0.3) is 0 Å². The molecule has 0 amide bonds. The third-order valence-corrected chi connectivity index (χ3v) is 1.97. The fourth-order valence-corrected chi connectivity index (χ4v) is 1.17. The quantitative estimate of drug-likeness (QED) is 0.511. The van der Waals surface area contributed by atoms with Crippen LogP contribution in [0.25, 0.3) is 0 Å². The Kier molecular flexibility index (Phi) is 8.21. The summed E-state index contributed by atoms with van der Waals surface area (Å²) in [6, 6.07) is 0. The van der Waals surface area contributed by atoms with Crippen LogP contribution in [0.2, 0.25) is 0 Å². The molecule has 16 heavy (non-hydrogen) atoms. The lowest BCUT2D eigenvalue weighted by Crippen LogP contribution is -2.22. The molecule has 0 aliphatic carbocycles. The van der Waals surface area contributed by atoms with E-state index in [2.05, 4.69) is 0 Å². The highest BCUT2D eigenvalue weighted by molar-refractivity contribution is 5.69. The lowest BCUT2D eigenvalue weighted by Gasteiger charge is -2.19. The second-order valence-electron chi connectivity index (χ2n) is 4.78. The number of nitrogens with two attached hydrogens (primary N) is 1. The molecule has 0 heterocycles. The van der Waals surface area contributed by atoms with Gasteiger partial charge in [-0.05, 0) is 40.2 Å². The summed E-state index contributed by atoms with van der Waals surface area (Å²) in [6.07, 6.45) is 3.30. The van der Waals surface area contributed by atoms with Crippen LogP contribution >= 0.6 is 0 Å². The van der Waals surface area contributed by atoms with Gasteiger partial charge in [0.1, 0.15) is 6.61 Å². The van der Waals surface area contributed by atoms with Crippen LogP contribution in [0.3, 0.4) is 0 Å². The largest absolute Gasteiger partial charge is 0.463 e. The standard InChI is InChI=1S/C12H25NO3/c1-12(2,3)16-10-9-15-11(14)7-5-4-6-8-13/h4-10,13H2,1-3H3. The lowest BCUT2D eigenvalue weighted by molar-refractivity contribution is -0.147. The van der Waals surface area contributed by atoms with E-state index in [0.717, 1.165) is 19.3 Å². The van der Waals surface area contributed by atoms with Gasteiger partial charge in [-0.15, -0.1) is 0 Å². The second kappa shape index (κ2) is 8.53. The van der Waals surface area contributed by atoms with Crippen molar-refractivity contribution in [1.82, 2.24) is 0 Å². The molecular weight excluding hydrogens is 206 g/mol. The summed E-state index contributed by atoms with van der Waals surface area (Å²) < 4.78 is 10.5. The summed E-state index contributed by atoms with van der Waals surface area (Å²) in [4.78, 5) is 11.2. The van der Waals surface area contributed by atoms with Crippen LogP contribution in [-0.2, 0) is 14.3 Å². The zero-order valence-corrected chi connectivity index (χ0v) is 10.8. The molecule has 0 aromatic rings. The van der Waals surface area contributed by atoms with Crippen molar-refractivity contribution in [2.24, 2.45) is 5.73 Å². The molecule has 0 aromatic carbocycles. The maximum Gasteiger partial charge on any atom is 0.305 e. The number of carbonyl (C=O) groups is 1. The Bertz CT molecular complexity index is 187. The first kappa shape index (κ1) is 15.4. The van der Waals surface area contributed by atoms with Gasteiger partial charge in [0, 0.05) is 6.42 Å². The highest BCUT2D eigenvalue weighted by Gasteiger charge is 2.10. The van der Waals surface area contributed by atoms with Crippen molar-refractivity contribution in [3.05, 3.63) is 0 Å². The average Bonchev–Trinajstić information content (AvgIpc) is 2.18. The fraction of sp³-hybridized carbons (Fsp3) is 0.917. The van der Waals surface area contributed by atoms with Crippen LogP contribution in [0, 0.1) is 0 Å². The Balaban J connectivity index is 3.31. The van der Waals surface area contributed by atoms with Gasteiger partial charge < -0.3 is 15.2 Å². The molecule has 2 N–H and O–H groups in total. The molecule has 0 fully saturated rings. The maximum atomic E-state index is 11.2. The van der Waals surface area contributed by atoms with Crippen LogP contribution in [0.5, 0.6) is 0 Å². The van der Waals surface area contributed by atoms with Crippen molar-refractivity contribution in [2.45, 2.75) is 52.1 Å². The van der Waals surface area contributed by atoms with Crippen molar-refractivity contribution >= 4 is 5.97 Å². The summed E-state index contributed by atoms with van der Waals surface area (Å²) in [5, 5.41) is 0. The average molecular weight is 231 g/mol. The number of hydrogen-bond donors (Lipinski definition) is 1. The minimum atomic E-state index is -0.173. The van der Waals surface area contributed by atoms with Gasteiger partial charge in [-0.1, -0.05) is 6.42 Å². The number of ether oxygens (including phenoxy) is 2. The van der Waals surface area contributed by atoms with Gasteiger partial charge >= 0.3 is 5.97 Å². The SMILES string of the molecule is CC(C)(C)OCCOC(=O)CCCCCN. The number of carbonyl (C=O) groups excluding carboxylic acids is 1. The highest BCUT2D eigenvalue weighted by atomic mass is 16.6. The molecule has 0 atom stereocenters. The van der Waals surface area contributed by atoms with E-state index >= 15 is 0 Å². The molecule has 0 unspecified atom stereocenters.